The van der Waals surface area contributed by atoms with E-state index in [0.717, 1.165) is 17.8 Å². The van der Waals surface area contributed by atoms with Crippen LogP contribution in [0.3, 0.4) is 0 Å². The number of hydrogen-bond acceptors (Lipinski definition) is 5. The monoisotopic (exact) mass is 275 g/mol. The zero-order valence-corrected chi connectivity index (χ0v) is 11.2. The molecule has 1 aromatic carbocycles. The molecule has 0 atom stereocenters. The van der Waals surface area contributed by atoms with Gasteiger partial charge in [-0.1, -0.05) is 23.5 Å². The first-order chi connectivity index (χ1) is 9.22. The number of anilines is 1. The molecule has 3 rings (SSSR count). The number of benzene rings is 1. The van der Waals surface area contributed by atoms with Gasteiger partial charge < -0.3 is 4.74 Å². The third-order valence-corrected chi connectivity index (χ3v) is 3.45. The summed E-state index contributed by atoms with van der Waals surface area (Å²) >= 11 is 1.35. The first kappa shape index (κ1) is 12.1. The zero-order valence-electron chi connectivity index (χ0n) is 10.4. The number of rotatable bonds is 4. The van der Waals surface area contributed by atoms with E-state index in [1.807, 2.05) is 25.1 Å². The molecule has 6 heteroatoms. The lowest BCUT2D eigenvalue weighted by Gasteiger charge is -2.09. The Morgan fingerprint density at radius 2 is 2.16 bits per heavy atom. The average molecular weight is 275 g/mol. The molecule has 98 valence electrons. The highest BCUT2D eigenvalue weighted by Crippen LogP contribution is 2.29. The van der Waals surface area contributed by atoms with E-state index in [4.69, 9.17) is 4.74 Å². The summed E-state index contributed by atoms with van der Waals surface area (Å²) in [5.74, 6) is 0.413. The van der Waals surface area contributed by atoms with Crippen molar-refractivity contribution in [3.05, 3.63) is 34.8 Å². The van der Waals surface area contributed by atoms with Crippen molar-refractivity contribution in [1.82, 2.24) is 10.2 Å². The summed E-state index contributed by atoms with van der Waals surface area (Å²) in [4.78, 5) is 12.2. The lowest BCUT2D eigenvalue weighted by atomic mass is 10.2. The maximum absolute atomic E-state index is 12.2. The van der Waals surface area contributed by atoms with Gasteiger partial charge in [-0.3, -0.25) is 10.1 Å². The SMILES string of the molecule is Cc1nnc(NC(=O)c2ccccc2OC2CC2)s1. The fourth-order valence-electron chi connectivity index (χ4n) is 1.63. The number of nitrogens with one attached hydrogen (secondary N) is 1. The molecule has 0 radical (unpaired) electrons. The summed E-state index contributed by atoms with van der Waals surface area (Å²) in [5.41, 5.74) is 0.530. The summed E-state index contributed by atoms with van der Waals surface area (Å²) in [6.45, 7) is 1.84. The van der Waals surface area contributed by atoms with Crippen LogP contribution in [0.5, 0.6) is 5.75 Å². The van der Waals surface area contributed by atoms with E-state index in [0.29, 0.717) is 16.4 Å². The zero-order chi connectivity index (χ0) is 13.2. The van der Waals surface area contributed by atoms with Crippen LogP contribution in [-0.4, -0.2) is 22.2 Å². The predicted octanol–water partition coefficient (Wildman–Crippen LogP) is 2.64. The van der Waals surface area contributed by atoms with E-state index in [1.165, 1.54) is 11.3 Å². The van der Waals surface area contributed by atoms with Gasteiger partial charge in [0.05, 0.1) is 11.7 Å². The summed E-state index contributed by atoms with van der Waals surface area (Å²) < 4.78 is 5.73. The molecule has 1 saturated carbocycles. The fraction of sp³-hybridized carbons (Fsp3) is 0.308. The Morgan fingerprint density at radius 3 is 2.84 bits per heavy atom. The van der Waals surface area contributed by atoms with Gasteiger partial charge in [0, 0.05) is 0 Å². The minimum Gasteiger partial charge on any atom is -0.490 e. The molecule has 1 aromatic heterocycles. The molecule has 0 unspecified atom stereocenters. The van der Waals surface area contributed by atoms with Crippen LogP contribution in [0.15, 0.2) is 24.3 Å². The smallest absolute Gasteiger partial charge is 0.261 e. The van der Waals surface area contributed by atoms with Gasteiger partial charge in [-0.05, 0) is 31.9 Å². The molecule has 5 nitrogen and oxygen atoms in total. The molecule has 0 spiro atoms. The van der Waals surface area contributed by atoms with Gasteiger partial charge in [0.2, 0.25) is 5.13 Å². The number of carbonyl (C=O) groups excluding carboxylic acids is 1. The second-order valence-corrected chi connectivity index (χ2v) is 5.58. The van der Waals surface area contributed by atoms with Crippen molar-refractivity contribution in [3.8, 4) is 5.75 Å². The molecule has 1 amide bonds. The van der Waals surface area contributed by atoms with Crippen molar-refractivity contribution >= 4 is 22.4 Å². The second-order valence-electron chi connectivity index (χ2n) is 4.39. The highest BCUT2D eigenvalue weighted by atomic mass is 32.1. The number of aromatic nitrogens is 2. The molecular weight excluding hydrogens is 262 g/mol. The fourth-order valence-corrected chi connectivity index (χ4v) is 2.22. The molecule has 19 heavy (non-hydrogen) atoms. The van der Waals surface area contributed by atoms with Crippen molar-refractivity contribution in [2.45, 2.75) is 25.9 Å². The van der Waals surface area contributed by atoms with Gasteiger partial charge >= 0.3 is 0 Å². The van der Waals surface area contributed by atoms with Crippen molar-refractivity contribution in [1.29, 1.82) is 0 Å². The van der Waals surface area contributed by atoms with Gasteiger partial charge in [0.15, 0.2) is 0 Å². The molecule has 0 saturated heterocycles. The third-order valence-electron chi connectivity index (χ3n) is 2.70. The number of ether oxygens (including phenoxy) is 1. The molecule has 1 aliphatic rings. The summed E-state index contributed by atoms with van der Waals surface area (Å²) in [6.07, 6.45) is 2.38. The summed E-state index contributed by atoms with van der Waals surface area (Å²) in [7, 11) is 0. The van der Waals surface area contributed by atoms with Crippen LogP contribution in [0.2, 0.25) is 0 Å². The van der Waals surface area contributed by atoms with Crippen LogP contribution >= 0.6 is 11.3 Å². The number of hydrogen-bond donors (Lipinski definition) is 1. The Balaban J connectivity index is 1.78. The number of aryl methyl sites for hydroxylation is 1. The molecule has 1 fully saturated rings. The van der Waals surface area contributed by atoms with Gasteiger partial charge in [0.1, 0.15) is 10.8 Å². The maximum atomic E-state index is 12.2. The molecule has 1 aliphatic carbocycles. The topological polar surface area (TPSA) is 64.1 Å². The van der Waals surface area contributed by atoms with E-state index >= 15 is 0 Å². The number of amides is 1. The van der Waals surface area contributed by atoms with Crippen molar-refractivity contribution < 1.29 is 9.53 Å². The first-order valence-electron chi connectivity index (χ1n) is 6.09. The van der Waals surface area contributed by atoms with Crippen LogP contribution in [0.4, 0.5) is 5.13 Å². The van der Waals surface area contributed by atoms with Gasteiger partial charge in [-0.25, -0.2) is 0 Å². The predicted molar refractivity (Wildman–Crippen MR) is 72.7 cm³/mol. The van der Waals surface area contributed by atoms with Gasteiger partial charge in [0.25, 0.3) is 5.91 Å². The molecule has 0 bridgehead atoms. The average Bonchev–Trinajstić information content (AvgIpc) is 3.12. The largest absolute Gasteiger partial charge is 0.490 e. The Bertz CT molecular complexity index is 607. The Kier molecular flexibility index (Phi) is 3.16. The Morgan fingerprint density at radius 1 is 1.37 bits per heavy atom. The van der Waals surface area contributed by atoms with Crippen LogP contribution in [-0.2, 0) is 0 Å². The van der Waals surface area contributed by atoms with Crippen molar-refractivity contribution in [3.63, 3.8) is 0 Å². The molecule has 1 N–H and O–H groups in total. The first-order valence-corrected chi connectivity index (χ1v) is 6.91. The number of para-hydroxylation sites is 1. The highest BCUT2D eigenvalue weighted by Gasteiger charge is 2.25. The van der Waals surface area contributed by atoms with Gasteiger partial charge in [-0.2, -0.15) is 0 Å². The van der Waals surface area contributed by atoms with Crippen molar-refractivity contribution in [2.24, 2.45) is 0 Å². The number of nitrogens with zero attached hydrogens (tertiary/aromatic N) is 2. The van der Waals surface area contributed by atoms with E-state index in [9.17, 15) is 4.79 Å². The van der Waals surface area contributed by atoms with Crippen LogP contribution in [0.1, 0.15) is 28.2 Å². The molecular formula is C13H13N3O2S. The summed E-state index contributed by atoms with van der Waals surface area (Å²) in [6, 6.07) is 7.25. The molecule has 0 aliphatic heterocycles. The van der Waals surface area contributed by atoms with Crippen molar-refractivity contribution in [2.75, 3.05) is 5.32 Å². The van der Waals surface area contributed by atoms with E-state index in [1.54, 1.807) is 6.07 Å². The molecule has 1 heterocycles. The Hall–Kier alpha value is -1.95. The second kappa shape index (κ2) is 4.97. The lowest BCUT2D eigenvalue weighted by Crippen LogP contribution is -2.14. The minimum absolute atomic E-state index is 0.215. The van der Waals surface area contributed by atoms with Crippen LogP contribution in [0.25, 0.3) is 0 Å². The lowest BCUT2D eigenvalue weighted by molar-refractivity contribution is 0.102. The Labute approximate surface area is 114 Å². The van der Waals surface area contributed by atoms with E-state index < -0.39 is 0 Å². The number of carbonyl (C=O) groups is 1. The van der Waals surface area contributed by atoms with Crippen LogP contribution in [0, 0.1) is 6.92 Å². The van der Waals surface area contributed by atoms with Crippen LogP contribution < -0.4 is 10.1 Å². The minimum atomic E-state index is -0.215. The maximum Gasteiger partial charge on any atom is 0.261 e. The quantitative estimate of drug-likeness (QED) is 0.931. The van der Waals surface area contributed by atoms with E-state index in [2.05, 4.69) is 15.5 Å². The van der Waals surface area contributed by atoms with E-state index in [-0.39, 0.29) is 12.0 Å². The summed E-state index contributed by atoms with van der Waals surface area (Å²) in [5, 5.41) is 11.8. The third kappa shape index (κ3) is 2.90. The molecule has 2 aromatic rings. The standard InChI is InChI=1S/C13H13N3O2S/c1-8-15-16-13(19-8)14-12(17)10-4-2-3-5-11(10)18-9-6-7-9/h2-5,9H,6-7H2,1H3,(H,14,16,17). The highest BCUT2D eigenvalue weighted by molar-refractivity contribution is 7.15. The van der Waals surface area contributed by atoms with Gasteiger partial charge in [-0.15, -0.1) is 10.2 Å². The normalized spacial score (nSPS) is 14.2.